The third-order valence-corrected chi connectivity index (χ3v) is 6.02. The van der Waals surface area contributed by atoms with Gasteiger partial charge in [0.2, 0.25) is 0 Å². The molecule has 4 aromatic heterocycles. The summed E-state index contributed by atoms with van der Waals surface area (Å²) in [6, 6.07) is 10.1. The Kier molecular flexibility index (Phi) is 4.60. The number of H-pyrrole nitrogens is 1. The SMILES string of the molecule is Fc1cccc(-n2cnnc2-c2c[nH]c3ncc(-c4ccc(N5CCCC5)nc4)cc23)c1F. The largest absolute Gasteiger partial charge is 0.357 e. The topological polar surface area (TPSA) is 75.5 Å². The van der Waals surface area contributed by atoms with Crippen LogP contribution in [0.1, 0.15) is 12.8 Å². The van der Waals surface area contributed by atoms with Crippen molar-refractivity contribution in [3.8, 4) is 28.2 Å². The molecule has 0 amide bonds. The smallest absolute Gasteiger partial charge is 0.182 e. The number of nitrogens with zero attached hydrogens (tertiary/aromatic N) is 6. The van der Waals surface area contributed by atoms with Gasteiger partial charge in [0.1, 0.15) is 17.8 Å². The maximum absolute atomic E-state index is 14.4. The Labute approximate surface area is 187 Å². The van der Waals surface area contributed by atoms with Gasteiger partial charge < -0.3 is 9.88 Å². The molecule has 1 fully saturated rings. The number of nitrogens with one attached hydrogen (secondary N) is 1. The van der Waals surface area contributed by atoms with Crippen LogP contribution in [0.4, 0.5) is 14.6 Å². The minimum Gasteiger partial charge on any atom is -0.357 e. The first-order valence-corrected chi connectivity index (χ1v) is 10.7. The lowest BCUT2D eigenvalue weighted by Gasteiger charge is -2.16. The number of anilines is 1. The zero-order chi connectivity index (χ0) is 22.4. The van der Waals surface area contributed by atoms with Crippen molar-refractivity contribution in [2.45, 2.75) is 12.8 Å². The zero-order valence-electron chi connectivity index (χ0n) is 17.5. The molecule has 0 saturated carbocycles. The van der Waals surface area contributed by atoms with Crippen LogP contribution in [0.25, 0.3) is 39.2 Å². The van der Waals surface area contributed by atoms with Crippen molar-refractivity contribution in [2.24, 2.45) is 0 Å². The lowest BCUT2D eigenvalue weighted by molar-refractivity contribution is 0.504. The quantitative estimate of drug-likeness (QED) is 0.434. The van der Waals surface area contributed by atoms with Crippen molar-refractivity contribution in [1.82, 2.24) is 29.7 Å². The van der Waals surface area contributed by atoms with Gasteiger partial charge in [-0.1, -0.05) is 6.07 Å². The van der Waals surface area contributed by atoms with Gasteiger partial charge in [0.25, 0.3) is 0 Å². The van der Waals surface area contributed by atoms with E-state index in [0.717, 1.165) is 41.5 Å². The van der Waals surface area contributed by atoms with Crippen molar-refractivity contribution < 1.29 is 8.78 Å². The second-order valence-corrected chi connectivity index (χ2v) is 8.02. The second-order valence-electron chi connectivity index (χ2n) is 8.02. The number of halogens is 2. The van der Waals surface area contributed by atoms with E-state index < -0.39 is 11.6 Å². The van der Waals surface area contributed by atoms with E-state index in [1.165, 1.54) is 35.9 Å². The van der Waals surface area contributed by atoms with Crippen molar-refractivity contribution >= 4 is 16.9 Å². The van der Waals surface area contributed by atoms with E-state index in [2.05, 4.69) is 30.0 Å². The molecule has 5 aromatic rings. The van der Waals surface area contributed by atoms with E-state index in [0.29, 0.717) is 17.0 Å². The summed E-state index contributed by atoms with van der Waals surface area (Å²) in [6.07, 6.45) is 9.15. The van der Waals surface area contributed by atoms with Crippen molar-refractivity contribution in [1.29, 1.82) is 0 Å². The number of pyridine rings is 2. The summed E-state index contributed by atoms with van der Waals surface area (Å²) in [6.45, 7) is 2.08. The molecule has 1 aliphatic rings. The molecular weight excluding hydrogens is 424 g/mol. The molecule has 6 rings (SSSR count). The van der Waals surface area contributed by atoms with Gasteiger partial charge in [0.05, 0.1) is 5.69 Å². The summed E-state index contributed by atoms with van der Waals surface area (Å²) in [5.41, 5.74) is 3.21. The Morgan fingerprint density at radius 1 is 0.939 bits per heavy atom. The molecule has 33 heavy (non-hydrogen) atoms. The average molecular weight is 443 g/mol. The molecule has 1 N–H and O–H groups in total. The van der Waals surface area contributed by atoms with Crippen LogP contribution in [0.2, 0.25) is 0 Å². The molecule has 7 nitrogen and oxygen atoms in total. The molecule has 1 saturated heterocycles. The van der Waals surface area contributed by atoms with Gasteiger partial charge in [-0.25, -0.2) is 18.7 Å². The first kappa shape index (κ1) is 19.5. The first-order valence-electron chi connectivity index (χ1n) is 10.7. The highest BCUT2D eigenvalue weighted by molar-refractivity contribution is 5.94. The van der Waals surface area contributed by atoms with Crippen LogP contribution in [0.5, 0.6) is 0 Å². The van der Waals surface area contributed by atoms with Crippen LogP contribution in [-0.4, -0.2) is 42.8 Å². The fourth-order valence-electron chi connectivity index (χ4n) is 4.31. The minimum atomic E-state index is -0.957. The van der Waals surface area contributed by atoms with Gasteiger partial charge in [0, 0.05) is 53.8 Å². The van der Waals surface area contributed by atoms with Gasteiger partial charge in [0.15, 0.2) is 17.5 Å². The Bertz CT molecular complexity index is 1450. The lowest BCUT2D eigenvalue weighted by Crippen LogP contribution is -2.18. The Morgan fingerprint density at radius 3 is 2.61 bits per heavy atom. The summed E-state index contributed by atoms with van der Waals surface area (Å²) >= 11 is 0. The minimum absolute atomic E-state index is 0.0372. The molecule has 0 radical (unpaired) electrons. The summed E-state index contributed by atoms with van der Waals surface area (Å²) in [4.78, 5) is 14.6. The standard InChI is InChI=1S/C24H19F2N7/c25-19-4-3-5-20(22(19)26)33-14-30-31-24(33)18-13-29-23-17(18)10-16(12-28-23)15-6-7-21(27-11-15)32-8-1-2-9-32/h3-7,10-14H,1-2,8-9H2,(H,28,29). The molecule has 1 aromatic carbocycles. The summed E-state index contributed by atoms with van der Waals surface area (Å²) in [7, 11) is 0. The third-order valence-electron chi connectivity index (χ3n) is 6.02. The number of hydrogen-bond acceptors (Lipinski definition) is 5. The number of rotatable bonds is 4. The van der Waals surface area contributed by atoms with E-state index >= 15 is 0 Å². The van der Waals surface area contributed by atoms with Gasteiger partial charge in [-0.15, -0.1) is 10.2 Å². The highest BCUT2D eigenvalue weighted by atomic mass is 19.2. The van der Waals surface area contributed by atoms with E-state index in [9.17, 15) is 8.78 Å². The molecule has 0 atom stereocenters. The van der Waals surface area contributed by atoms with Gasteiger partial charge in [-0.3, -0.25) is 4.57 Å². The average Bonchev–Trinajstić information content (AvgIpc) is 3.61. The summed E-state index contributed by atoms with van der Waals surface area (Å²) in [5, 5.41) is 8.90. The number of aromatic amines is 1. The van der Waals surface area contributed by atoms with Crippen molar-refractivity contribution in [3.63, 3.8) is 0 Å². The zero-order valence-corrected chi connectivity index (χ0v) is 17.5. The van der Waals surface area contributed by atoms with Gasteiger partial charge in [-0.2, -0.15) is 0 Å². The highest BCUT2D eigenvalue weighted by Crippen LogP contribution is 2.32. The first-order chi connectivity index (χ1) is 16.2. The van der Waals surface area contributed by atoms with E-state index in [1.54, 1.807) is 12.4 Å². The molecule has 0 aliphatic carbocycles. The Hall–Kier alpha value is -4.14. The maximum atomic E-state index is 14.4. The van der Waals surface area contributed by atoms with Crippen LogP contribution in [0.15, 0.2) is 61.3 Å². The molecule has 0 unspecified atom stereocenters. The molecule has 164 valence electrons. The van der Waals surface area contributed by atoms with Crippen molar-refractivity contribution in [3.05, 3.63) is 73.0 Å². The molecule has 9 heteroatoms. The number of aromatic nitrogens is 6. The van der Waals surface area contributed by atoms with E-state index in [-0.39, 0.29) is 5.69 Å². The van der Waals surface area contributed by atoms with E-state index in [4.69, 9.17) is 0 Å². The molecule has 5 heterocycles. The monoisotopic (exact) mass is 443 g/mol. The van der Waals surface area contributed by atoms with Crippen LogP contribution >= 0.6 is 0 Å². The molecular formula is C24H19F2N7. The van der Waals surface area contributed by atoms with Crippen LogP contribution in [-0.2, 0) is 0 Å². The summed E-state index contributed by atoms with van der Waals surface area (Å²) in [5.74, 6) is -0.522. The fourth-order valence-corrected chi connectivity index (χ4v) is 4.31. The van der Waals surface area contributed by atoms with Crippen LogP contribution < -0.4 is 4.90 Å². The van der Waals surface area contributed by atoms with Crippen LogP contribution in [0, 0.1) is 11.6 Å². The normalized spacial score (nSPS) is 13.8. The molecule has 1 aliphatic heterocycles. The molecule has 0 bridgehead atoms. The predicted octanol–water partition coefficient (Wildman–Crippen LogP) is 4.75. The van der Waals surface area contributed by atoms with Gasteiger partial charge >= 0.3 is 0 Å². The van der Waals surface area contributed by atoms with Crippen molar-refractivity contribution in [2.75, 3.05) is 18.0 Å². The molecule has 0 spiro atoms. The van der Waals surface area contributed by atoms with E-state index in [1.807, 2.05) is 24.4 Å². The Balaban J connectivity index is 1.41. The lowest BCUT2D eigenvalue weighted by atomic mass is 10.1. The van der Waals surface area contributed by atoms with Gasteiger partial charge in [-0.05, 0) is 43.2 Å². The number of hydrogen-bond donors (Lipinski definition) is 1. The maximum Gasteiger partial charge on any atom is 0.182 e. The summed E-state index contributed by atoms with van der Waals surface area (Å²) < 4.78 is 29.7. The Morgan fingerprint density at radius 2 is 1.79 bits per heavy atom. The fraction of sp³-hybridized carbons (Fsp3) is 0.167. The number of benzene rings is 1. The number of fused-ring (bicyclic) bond motifs is 1. The predicted molar refractivity (Wildman–Crippen MR) is 121 cm³/mol. The third kappa shape index (κ3) is 3.32. The highest BCUT2D eigenvalue weighted by Gasteiger charge is 2.19. The van der Waals surface area contributed by atoms with Crippen LogP contribution in [0.3, 0.4) is 0 Å². The second kappa shape index (κ2) is 7.77.